The number of ketones is 1. The van der Waals surface area contributed by atoms with Crippen LogP contribution in [0.5, 0.6) is 5.75 Å². The highest BCUT2D eigenvalue weighted by molar-refractivity contribution is 5.99. The third kappa shape index (κ3) is 2.89. The van der Waals surface area contributed by atoms with Crippen molar-refractivity contribution >= 4 is 5.78 Å². The number of piperazine rings is 1. The molecule has 1 unspecified atom stereocenters. The Morgan fingerprint density at radius 3 is 3.00 bits per heavy atom. The summed E-state index contributed by atoms with van der Waals surface area (Å²) in [5.41, 5.74) is 0.680. The Labute approximate surface area is 108 Å². The lowest BCUT2D eigenvalue weighted by atomic mass is 10.0. The lowest BCUT2D eigenvalue weighted by Gasteiger charge is -2.32. The first-order chi connectivity index (χ1) is 8.72. The molecule has 1 aliphatic rings. The zero-order valence-electron chi connectivity index (χ0n) is 11.0. The molecule has 0 spiro atoms. The summed E-state index contributed by atoms with van der Waals surface area (Å²) in [6.45, 7) is 2.86. The fourth-order valence-corrected chi connectivity index (χ4v) is 2.29. The second kappa shape index (κ2) is 5.98. The molecule has 1 heterocycles. The number of hydrogen-bond donors (Lipinski definition) is 1. The minimum absolute atomic E-state index is 0.146. The molecule has 1 aromatic rings. The molecule has 1 N–H and O–H groups in total. The van der Waals surface area contributed by atoms with Crippen LogP contribution in [-0.2, 0) is 0 Å². The Hall–Kier alpha value is -1.39. The molecule has 0 saturated carbocycles. The normalized spacial score (nSPS) is 20.7. The molecule has 0 radical (unpaired) electrons. The van der Waals surface area contributed by atoms with Crippen LogP contribution in [0.3, 0.4) is 0 Å². The van der Waals surface area contributed by atoms with Crippen molar-refractivity contribution in [3.8, 4) is 5.75 Å². The maximum absolute atomic E-state index is 12.3. The van der Waals surface area contributed by atoms with Gasteiger partial charge in [-0.05, 0) is 19.2 Å². The van der Waals surface area contributed by atoms with E-state index in [9.17, 15) is 4.79 Å². The van der Waals surface area contributed by atoms with Gasteiger partial charge in [0.2, 0.25) is 0 Å². The van der Waals surface area contributed by atoms with Crippen molar-refractivity contribution in [3.05, 3.63) is 29.8 Å². The van der Waals surface area contributed by atoms with Crippen LogP contribution in [0.15, 0.2) is 24.3 Å². The van der Waals surface area contributed by atoms with Crippen LogP contribution in [0.2, 0.25) is 0 Å². The smallest absolute Gasteiger partial charge is 0.168 e. The van der Waals surface area contributed by atoms with Crippen molar-refractivity contribution in [1.82, 2.24) is 10.2 Å². The molecule has 2 rings (SSSR count). The van der Waals surface area contributed by atoms with Crippen molar-refractivity contribution < 1.29 is 9.53 Å². The molecule has 1 fully saturated rings. The van der Waals surface area contributed by atoms with Crippen molar-refractivity contribution in [2.24, 2.45) is 0 Å². The van der Waals surface area contributed by atoms with E-state index in [1.807, 2.05) is 24.3 Å². The van der Waals surface area contributed by atoms with Crippen molar-refractivity contribution in [1.29, 1.82) is 0 Å². The molecule has 1 atom stereocenters. The van der Waals surface area contributed by atoms with Gasteiger partial charge >= 0.3 is 0 Å². The van der Waals surface area contributed by atoms with Crippen LogP contribution in [0.25, 0.3) is 0 Å². The van der Waals surface area contributed by atoms with Crippen LogP contribution >= 0.6 is 0 Å². The SMILES string of the molecule is COc1ccccc1C(=O)CC1CNCCN1C. The van der Waals surface area contributed by atoms with E-state index < -0.39 is 0 Å². The lowest BCUT2D eigenvalue weighted by Crippen LogP contribution is -2.49. The minimum atomic E-state index is 0.146. The third-order valence-corrected chi connectivity index (χ3v) is 3.47. The minimum Gasteiger partial charge on any atom is -0.496 e. The summed E-state index contributed by atoms with van der Waals surface area (Å²) >= 11 is 0. The quantitative estimate of drug-likeness (QED) is 0.812. The summed E-state index contributed by atoms with van der Waals surface area (Å²) in [4.78, 5) is 14.5. The zero-order chi connectivity index (χ0) is 13.0. The molecule has 4 heteroatoms. The largest absolute Gasteiger partial charge is 0.496 e. The second-order valence-electron chi connectivity index (χ2n) is 4.67. The Balaban J connectivity index is 2.07. The summed E-state index contributed by atoms with van der Waals surface area (Å²) < 4.78 is 5.23. The van der Waals surface area contributed by atoms with Gasteiger partial charge in [0.05, 0.1) is 12.7 Å². The molecule has 0 amide bonds. The number of benzene rings is 1. The number of nitrogens with one attached hydrogen (secondary N) is 1. The van der Waals surface area contributed by atoms with Gasteiger partial charge in [0.25, 0.3) is 0 Å². The monoisotopic (exact) mass is 248 g/mol. The fourth-order valence-electron chi connectivity index (χ4n) is 2.29. The van der Waals surface area contributed by atoms with E-state index >= 15 is 0 Å². The molecule has 18 heavy (non-hydrogen) atoms. The van der Waals surface area contributed by atoms with Gasteiger partial charge in [0.1, 0.15) is 5.75 Å². The standard InChI is InChI=1S/C14H20N2O2/c1-16-8-7-15-10-11(16)9-13(17)12-5-3-4-6-14(12)18-2/h3-6,11,15H,7-10H2,1-2H3. The Kier molecular flexibility index (Phi) is 4.33. The van der Waals surface area contributed by atoms with E-state index in [2.05, 4.69) is 17.3 Å². The van der Waals surface area contributed by atoms with Gasteiger partial charge in [-0.1, -0.05) is 12.1 Å². The average Bonchev–Trinajstić information content (AvgIpc) is 2.41. The molecule has 1 saturated heterocycles. The van der Waals surface area contributed by atoms with Gasteiger partial charge in [0, 0.05) is 32.1 Å². The molecule has 0 bridgehead atoms. The predicted molar refractivity (Wildman–Crippen MR) is 71.2 cm³/mol. The van der Waals surface area contributed by atoms with Crippen LogP contribution in [0, 0.1) is 0 Å². The summed E-state index contributed by atoms with van der Waals surface area (Å²) in [6, 6.07) is 7.69. The van der Waals surface area contributed by atoms with Crippen LogP contribution in [-0.4, -0.2) is 50.5 Å². The Morgan fingerprint density at radius 2 is 2.28 bits per heavy atom. The number of ether oxygens (including phenoxy) is 1. The molecule has 0 aromatic heterocycles. The summed E-state index contributed by atoms with van der Waals surface area (Å²) in [6.07, 6.45) is 0.532. The van der Waals surface area contributed by atoms with Gasteiger partial charge in [-0.3, -0.25) is 4.79 Å². The van der Waals surface area contributed by atoms with Gasteiger partial charge in [-0.15, -0.1) is 0 Å². The van der Waals surface area contributed by atoms with Crippen molar-refractivity contribution in [2.75, 3.05) is 33.8 Å². The van der Waals surface area contributed by atoms with E-state index in [0.29, 0.717) is 17.7 Å². The van der Waals surface area contributed by atoms with Crippen molar-refractivity contribution in [3.63, 3.8) is 0 Å². The van der Waals surface area contributed by atoms with Crippen LogP contribution in [0.1, 0.15) is 16.8 Å². The number of rotatable bonds is 4. The topological polar surface area (TPSA) is 41.6 Å². The second-order valence-corrected chi connectivity index (χ2v) is 4.67. The van der Waals surface area contributed by atoms with Gasteiger partial charge < -0.3 is 15.0 Å². The third-order valence-electron chi connectivity index (χ3n) is 3.47. The highest BCUT2D eigenvalue weighted by Gasteiger charge is 2.23. The number of likely N-dealkylation sites (N-methyl/N-ethyl adjacent to an activating group) is 1. The van der Waals surface area contributed by atoms with E-state index in [0.717, 1.165) is 19.6 Å². The molecule has 4 nitrogen and oxygen atoms in total. The number of Topliss-reactive ketones (excluding diaryl/α,β-unsaturated/α-hetero) is 1. The number of para-hydroxylation sites is 1. The number of carbonyl (C=O) groups is 1. The van der Waals surface area contributed by atoms with E-state index in [4.69, 9.17) is 4.74 Å². The number of nitrogens with zero attached hydrogens (tertiary/aromatic N) is 1. The van der Waals surface area contributed by atoms with Crippen molar-refractivity contribution in [2.45, 2.75) is 12.5 Å². The summed E-state index contributed by atoms with van der Waals surface area (Å²) in [5, 5.41) is 3.33. The van der Waals surface area contributed by atoms with Gasteiger partial charge in [-0.2, -0.15) is 0 Å². The zero-order valence-corrected chi connectivity index (χ0v) is 11.0. The van der Waals surface area contributed by atoms with Gasteiger partial charge in [-0.25, -0.2) is 0 Å². The highest BCUT2D eigenvalue weighted by atomic mass is 16.5. The molecular weight excluding hydrogens is 228 g/mol. The fraction of sp³-hybridized carbons (Fsp3) is 0.500. The summed E-state index contributed by atoms with van der Waals surface area (Å²) in [7, 11) is 3.67. The van der Waals surface area contributed by atoms with Gasteiger partial charge in [0.15, 0.2) is 5.78 Å². The molecular formula is C14H20N2O2. The molecule has 1 aromatic carbocycles. The first kappa shape index (κ1) is 13.1. The molecule has 98 valence electrons. The maximum Gasteiger partial charge on any atom is 0.168 e. The average molecular weight is 248 g/mol. The first-order valence-corrected chi connectivity index (χ1v) is 6.29. The van der Waals surface area contributed by atoms with Crippen LogP contribution in [0.4, 0.5) is 0 Å². The lowest BCUT2D eigenvalue weighted by molar-refractivity contribution is 0.0914. The number of methoxy groups -OCH3 is 1. The highest BCUT2D eigenvalue weighted by Crippen LogP contribution is 2.20. The number of carbonyl (C=O) groups excluding carboxylic acids is 1. The van der Waals surface area contributed by atoms with E-state index in [1.54, 1.807) is 7.11 Å². The molecule has 0 aliphatic carbocycles. The predicted octanol–water partition coefficient (Wildman–Crippen LogP) is 1.17. The summed E-state index contributed by atoms with van der Waals surface area (Å²) in [5.74, 6) is 0.807. The van der Waals surface area contributed by atoms with E-state index in [1.165, 1.54) is 0 Å². The van der Waals surface area contributed by atoms with Crippen LogP contribution < -0.4 is 10.1 Å². The Bertz CT molecular complexity index is 420. The first-order valence-electron chi connectivity index (χ1n) is 6.29. The maximum atomic E-state index is 12.3. The molecule has 1 aliphatic heterocycles. The number of hydrogen-bond acceptors (Lipinski definition) is 4. The Morgan fingerprint density at radius 1 is 1.50 bits per heavy atom. The van der Waals surface area contributed by atoms with E-state index in [-0.39, 0.29) is 11.8 Å².